The molecule has 15 heavy (non-hydrogen) atoms. The molecule has 1 N–H and O–H groups in total. The first kappa shape index (κ1) is 11.8. The van der Waals surface area contributed by atoms with E-state index in [1.807, 2.05) is 20.8 Å². The SMILES string of the molecule is CCCn1ncc(C(=O)O)c1C(C)(C)C. The molecule has 0 spiro atoms. The van der Waals surface area contributed by atoms with Crippen LogP contribution in [-0.4, -0.2) is 20.9 Å². The average Bonchev–Trinajstić information content (AvgIpc) is 2.47. The summed E-state index contributed by atoms with van der Waals surface area (Å²) in [7, 11) is 0. The van der Waals surface area contributed by atoms with Crippen LogP contribution in [0.2, 0.25) is 0 Å². The van der Waals surface area contributed by atoms with Crippen LogP contribution in [0, 0.1) is 0 Å². The Balaban J connectivity index is 3.27. The summed E-state index contributed by atoms with van der Waals surface area (Å²) in [5, 5.41) is 13.2. The van der Waals surface area contributed by atoms with Crippen molar-refractivity contribution in [2.45, 2.75) is 46.1 Å². The number of aromatic carboxylic acids is 1. The van der Waals surface area contributed by atoms with Crippen LogP contribution in [0.3, 0.4) is 0 Å². The third-order valence-corrected chi connectivity index (χ3v) is 2.22. The van der Waals surface area contributed by atoms with Gasteiger partial charge < -0.3 is 5.11 Å². The standard InChI is InChI=1S/C11H18N2O2/c1-5-6-13-9(11(2,3)4)8(7-12-13)10(14)15/h7H,5-6H2,1-4H3,(H,14,15). The molecule has 1 aromatic rings. The largest absolute Gasteiger partial charge is 0.478 e. The molecule has 0 fully saturated rings. The first-order valence-electron chi connectivity index (χ1n) is 5.17. The summed E-state index contributed by atoms with van der Waals surface area (Å²) in [5.74, 6) is -0.901. The van der Waals surface area contributed by atoms with Gasteiger partial charge in [-0.1, -0.05) is 27.7 Å². The number of nitrogens with zero attached hydrogens (tertiary/aromatic N) is 2. The maximum Gasteiger partial charge on any atom is 0.339 e. The number of carbonyl (C=O) groups is 1. The zero-order valence-electron chi connectivity index (χ0n) is 9.74. The maximum absolute atomic E-state index is 11.0. The smallest absolute Gasteiger partial charge is 0.339 e. The van der Waals surface area contributed by atoms with Gasteiger partial charge in [0.05, 0.1) is 11.9 Å². The van der Waals surface area contributed by atoms with Crippen LogP contribution in [0.4, 0.5) is 0 Å². The van der Waals surface area contributed by atoms with Gasteiger partial charge in [0.2, 0.25) is 0 Å². The topological polar surface area (TPSA) is 55.1 Å². The lowest BCUT2D eigenvalue weighted by Gasteiger charge is -2.21. The average molecular weight is 210 g/mol. The second-order valence-electron chi connectivity index (χ2n) is 4.69. The van der Waals surface area contributed by atoms with E-state index >= 15 is 0 Å². The van der Waals surface area contributed by atoms with Crippen LogP contribution in [0.25, 0.3) is 0 Å². The lowest BCUT2D eigenvalue weighted by molar-refractivity contribution is 0.0693. The Morgan fingerprint density at radius 1 is 1.53 bits per heavy atom. The quantitative estimate of drug-likeness (QED) is 0.832. The number of hydrogen-bond acceptors (Lipinski definition) is 2. The van der Waals surface area contributed by atoms with E-state index < -0.39 is 5.97 Å². The van der Waals surface area contributed by atoms with Crippen molar-refractivity contribution in [2.75, 3.05) is 0 Å². The van der Waals surface area contributed by atoms with Gasteiger partial charge in [-0.2, -0.15) is 5.10 Å². The van der Waals surface area contributed by atoms with E-state index in [2.05, 4.69) is 12.0 Å². The van der Waals surface area contributed by atoms with Gasteiger partial charge in [-0.05, 0) is 6.42 Å². The van der Waals surface area contributed by atoms with E-state index in [1.165, 1.54) is 6.20 Å². The maximum atomic E-state index is 11.0. The van der Waals surface area contributed by atoms with Gasteiger partial charge in [-0.25, -0.2) is 4.79 Å². The molecule has 0 radical (unpaired) electrons. The van der Waals surface area contributed by atoms with Crippen molar-refractivity contribution in [1.82, 2.24) is 9.78 Å². The molecule has 0 unspecified atom stereocenters. The van der Waals surface area contributed by atoms with Crippen molar-refractivity contribution in [3.8, 4) is 0 Å². The molecule has 0 aliphatic heterocycles. The normalized spacial score (nSPS) is 11.7. The predicted molar refractivity (Wildman–Crippen MR) is 58.2 cm³/mol. The summed E-state index contributed by atoms with van der Waals surface area (Å²) in [6, 6.07) is 0. The third-order valence-electron chi connectivity index (χ3n) is 2.22. The second kappa shape index (κ2) is 4.04. The molecular formula is C11H18N2O2. The van der Waals surface area contributed by atoms with Crippen molar-refractivity contribution in [3.63, 3.8) is 0 Å². The summed E-state index contributed by atoms with van der Waals surface area (Å²) < 4.78 is 1.80. The molecule has 0 amide bonds. The van der Waals surface area contributed by atoms with E-state index in [-0.39, 0.29) is 5.41 Å². The van der Waals surface area contributed by atoms with Crippen molar-refractivity contribution >= 4 is 5.97 Å². The van der Waals surface area contributed by atoms with Gasteiger partial charge in [0, 0.05) is 12.0 Å². The Hall–Kier alpha value is -1.32. The van der Waals surface area contributed by atoms with E-state index in [1.54, 1.807) is 4.68 Å². The zero-order chi connectivity index (χ0) is 11.6. The van der Waals surface area contributed by atoms with E-state index in [4.69, 9.17) is 5.11 Å². The first-order chi connectivity index (χ1) is 6.88. The molecule has 0 aromatic carbocycles. The lowest BCUT2D eigenvalue weighted by atomic mass is 9.89. The van der Waals surface area contributed by atoms with Gasteiger partial charge in [0.1, 0.15) is 5.56 Å². The number of carboxylic acids is 1. The molecule has 0 saturated heterocycles. The minimum Gasteiger partial charge on any atom is -0.478 e. The molecule has 4 nitrogen and oxygen atoms in total. The molecule has 84 valence electrons. The van der Waals surface area contributed by atoms with Crippen LogP contribution in [-0.2, 0) is 12.0 Å². The van der Waals surface area contributed by atoms with Gasteiger partial charge in [-0.3, -0.25) is 4.68 Å². The summed E-state index contributed by atoms with van der Waals surface area (Å²) in [5.41, 5.74) is 0.923. The van der Waals surface area contributed by atoms with E-state index in [0.717, 1.165) is 18.7 Å². The van der Waals surface area contributed by atoms with Gasteiger partial charge in [0.25, 0.3) is 0 Å². The Labute approximate surface area is 89.9 Å². The Morgan fingerprint density at radius 3 is 2.53 bits per heavy atom. The molecular weight excluding hydrogens is 192 g/mol. The highest BCUT2D eigenvalue weighted by atomic mass is 16.4. The van der Waals surface area contributed by atoms with Crippen LogP contribution in [0.1, 0.15) is 50.2 Å². The molecule has 0 saturated carbocycles. The number of hydrogen-bond donors (Lipinski definition) is 1. The summed E-state index contributed by atoms with van der Waals surface area (Å²) in [4.78, 5) is 11.0. The van der Waals surface area contributed by atoms with E-state index in [9.17, 15) is 4.79 Å². The van der Waals surface area contributed by atoms with Crippen molar-refractivity contribution in [3.05, 3.63) is 17.5 Å². The van der Waals surface area contributed by atoms with E-state index in [0.29, 0.717) is 5.56 Å². The monoisotopic (exact) mass is 210 g/mol. The molecule has 1 heterocycles. The Morgan fingerprint density at radius 2 is 2.13 bits per heavy atom. The highest BCUT2D eigenvalue weighted by Crippen LogP contribution is 2.26. The predicted octanol–water partition coefficient (Wildman–Crippen LogP) is 2.29. The number of carboxylic acid groups (broad SMARTS) is 1. The van der Waals surface area contributed by atoms with Crippen molar-refractivity contribution < 1.29 is 9.90 Å². The van der Waals surface area contributed by atoms with Gasteiger partial charge >= 0.3 is 5.97 Å². The van der Waals surface area contributed by atoms with Crippen molar-refractivity contribution in [2.24, 2.45) is 0 Å². The number of aryl methyl sites for hydroxylation is 1. The number of rotatable bonds is 3. The third kappa shape index (κ3) is 2.37. The second-order valence-corrected chi connectivity index (χ2v) is 4.69. The molecule has 0 atom stereocenters. The molecule has 1 aromatic heterocycles. The molecule has 1 rings (SSSR count). The number of aromatic nitrogens is 2. The molecule has 4 heteroatoms. The van der Waals surface area contributed by atoms with Crippen LogP contribution in [0.5, 0.6) is 0 Å². The van der Waals surface area contributed by atoms with Gasteiger partial charge in [0.15, 0.2) is 0 Å². The van der Waals surface area contributed by atoms with Crippen molar-refractivity contribution in [1.29, 1.82) is 0 Å². The molecule has 0 aliphatic carbocycles. The summed E-state index contributed by atoms with van der Waals surface area (Å²) in [6.45, 7) is 8.82. The fourth-order valence-electron chi connectivity index (χ4n) is 1.71. The summed E-state index contributed by atoms with van der Waals surface area (Å²) >= 11 is 0. The van der Waals surface area contributed by atoms with Crippen LogP contribution >= 0.6 is 0 Å². The minimum atomic E-state index is -0.901. The highest BCUT2D eigenvalue weighted by molar-refractivity contribution is 5.89. The lowest BCUT2D eigenvalue weighted by Crippen LogP contribution is -2.21. The Kier molecular flexibility index (Phi) is 3.17. The molecule has 0 bridgehead atoms. The molecule has 0 aliphatic rings. The van der Waals surface area contributed by atoms with Crippen LogP contribution in [0.15, 0.2) is 6.20 Å². The highest BCUT2D eigenvalue weighted by Gasteiger charge is 2.26. The zero-order valence-corrected chi connectivity index (χ0v) is 9.74. The summed E-state index contributed by atoms with van der Waals surface area (Å²) in [6.07, 6.45) is 2.39. The first-order valence-corrected chi connectivity index (χ1v) is 5.17. The fourth-order valence-corrected chi connectivity index (χ4v) is 1.71. The van der Waals surface area contributed by atoms with Crippen LogP contribution < -0.4 is 0 Å². The van der Waals surface area contributed by atoms with Gasteiger partial charge in [-0.15, -0.1) is 0 Å². The Bertz CT molecular complexity index is 361. The fraction of sp³-hybridized carbons (Fsp3) is 0.636. The minimum absolute atomic E-state index is 0.195.